The van der Waals surface area contributed by atoms with E-state index < -0.39 is 0 Å². The second-order valence-electron chi connectivity index (χ2n) is 7.81. The van der Waals surface area contributed by atoms with Crippen LogP contribution in [0.2, 0.25) is 0 Å². The van der Waals surface area contributed by atoms with Gasteiger partial charge in [0, 0.05) is 18.7 Å². The summed E-state index contributed by atoms with van der Waals surface area (Å²) in [6, 6.07) is 7.56. The fraction of sp³-hybridized carbons (Fsp3) is 0.476. The van der Waals surface area contributed by atoms with E-state index in [1.54, 1.807) is 0 Å². The van der Waals surface area contributed by atoms with Crippen molar-refractivity contribution in [2.75, 3.05) is 11.9 Å². The largest absolute Gasteiger partial charge is 0.368 e. The quantitative estimate of drug-likeness (QED) is 0.746. The molecule has 7 heteroatoms. The van der Waals surface area contributed by atoms with Crippen molar-refractivity contribution < 1.29 is 9.59 Å². The third-order valence-corrected chi connectivity index (χ3v) is 6.07. The Hall–Kier alpha value is -2.25. The Labute approximate surface area is 170 Å². The SMILES string of the molecule is Cc1nc(CC(C)C)sc1C(=O)Nc1cccc(CN2CCCC2C(N)=O)c1. The van der Waals surface area contributed by atoms with Crippen LogP contribution in [0.1, 0.15) is 52.6 Å². The molecule has 1 aliphatic heterocycles. The monoisotopic (exact) mass is 400 g/mol. The van der Waals surface area contributed by atoms with E-state index in [1.165, 1.54) is 11.3 Å². The van der Waals surface area contributed by atoms with Gasteiger partial charge < -0.3 is 11.1 Å². The summed E-state index contributed by atoms with van der Waals surface area (Å²) in [5.74, 6) is 0.117. The summed E-state index contributed by atoms with van der Waals surface area (Å²) in [4.78, 5) is 31.6. The molecule has 0 bridgehead atoms. The smallest absolute Gasteiger partial charge is 0.267 e. The predicted molar refractivity (Wildman–Crippen MR) is 112 cm³/mol. The minimum Gasteiger partial charge on any atom is -0.368 e. The Morgan fingerprint density at radius 1 is 1.39 bits per heavy atom. The van der Waals surface area contributed by atoms with E-state index in [1.807, 2.05) is 31.2 Å². The Bertz CT molecular complexity index is 862. The number of nitrogens with zero attached hydrogens (tertiary/aromatic N) is 2. The Balaban J connectivity index is 1.68. The van der Waals surface area contributed by atoms with Gasteiger partial charge in [0.15, 0.2) is 0 Å². The zero-order valence-electron chi connectivity index (χ0n) is 16.7. The molecule has 1 aromatic heterocycles. The maximum Gasteiger partial charge on any atom is 0.267 e. The molecule has 2 aromatic rings. The van der Waals surface area contributed by atoms with Gasteiger partial charge in [-0.3, -0.25) is 14.5 Å². The molecule has 1 aromatic carbocycles. The Morgan fingerprint density at radius 3 is 2.89 bits per heavy atom. The van der Waals surface area contributed by atoms with Gasteiger partial charge in [0.1, 0.15) is 4.88 Å². The molecule has 3 rings (SSSR count). The van der Waals surface area contributed by atoms with Crippen LogP contribution in [0, 0.1) is 12.8 Å². The molecule has 0 aliphatic carbocycles. The van der Waals surface area contributed by atoms with Crippen LogP contribution in [0.3, 0.4) is 0 Å². The molecule has 1 atom stereocenters. The van der Waals surface area contributed by atoms with E-state index in [0.29, 0.717) is 17.3 Å². The number of aryl methyl sites for hydroxylation is 1. The van der Waals surface area contributed by atoms with Crippen molar-refractivity contribution in [3.63, 3.8) is 0 Å². The highest BCUT2D eigenvalue weighted by molar-refractivity contribution is 7.13. The molecule has 1 fully saturated rings. The van der Waals surface area contributed by atoms with Gasteiger partial charge in [0.05, 0.1) is 16.7 Å². The summed E-state index contributed by atoms with van der Waals surface area (Å²) < 4.78 is 0. The lowest BCUT2D eigenvalue weighted by Gasteiger charge is -2.22. The number of primary amides is 1. The number of rotatable bonds is 7. The fourth-order valence-corrected chi connectivity index (χ4v) is 4.78. The first-order chi connectivity index (χ1) is 13.3. The molecule has 1 unspecified atom stereocenters. The van der Waals surface area contributed by atoms with Crippen molar-refractivity contribution in [1.29, 1.82) is 0 Å². The number of amides is 2. The van der Waals surface area contributed by atoms with Crippen LogP contribution >= 0.6 is 11.3 Å². The Kier molecular flexibility index (Phi) is 6.46. The van der Waals surface area contributed by atoms with Gasteiger partial charge in [0.25, 0.3) is 5.91 Å². The van der Waals surface area contributed by atoms with Crippen molar-refractivity contribution in [2.24, 2.45) is 11.7 Å². The van der Waals surface area contributed by atoms with E-state index in [-0.39, 0.29) is 17.9 Å². The predicted octanol–water partition coefficient (Wildman–Crippen LogP) is 3.35. The van der Waals surface area contributed by atoms with E-state index in [9.17, 15) is 9.59 Å². The average molecular weight is 401 g/mol. The summed E-state index contributed by atoms with van der Waals surface area (Å²) in [5, 5.41) is 3.98. The molecular weight excluding hydrogens is 372 g/mol. The minimum atomic E-state index is -0.264. The van der Waals surface area contributed by atoms with Gasteiger partial charge in [-0.2, -0.15) is 0 Å². The number of likely N-dealkylation sites (tertiary alicyclic amines) is 1. The summed E-state index contributed by atoms with van der Waals surface area (Å²) in [5.41, 5.74) is 8.07. The first-order valence-electron chi connectivity index (χ1n) is 9.73. The van der Waals surface area contributed by atoms with Crippen molar-refractivity contribution >= 4 is 28.8 Å². The highest BCUT2D eigenvalue weighted by Gasteiger charge is 2.28. The van der Waals surface area contributed by atoms with E-state index in [0.717, 1.165) is 47.8 Å². The van der Waals surface area contributed by atoms with Crippen molar-refractivity contribution in [3.05, 3.63) is 45.4 Å². The van der Waals surface area contributed by atoms with Crippen LogP contribution in [-0.2, 0) is 17.8 Å². The highest BCUT2D eigenvalue weighted by atomic mass is 32.1. The second kappa shape index (κ2) is 8.84. The minimum absolute atomic E-state index is 0.127. The van der Waals surface area contributed by atoms with Gasteiger partial charge in [-0.1, -0.05) is 26.0 Å². The fourth-order valence-electron chi connectivity index (χ4n) is 3.61. The van der Waals surface area contributed by atoms with Gasteiger partial charge in [-0.05, 0) is 49.9 Å². The second-order valence-corrected chi connectivity index (χ2v) is 8.89. The summed E-state index contributed by atoms with van der Waals surface area (Å²) in [7, 11) is 0. The number of hydrogen-bond donors (Lipinski definition) is 2. The number of nitrogens with one attached hydrogen (secondary N) is 1. The van der Waals surface area contributed by atoms with Gasteiger partial charge in [0.2, 0.25) is 5.91 Å². The third kappa shape index (κ3) is 4.97. The molecule has 0 spiro atoms. The lowest BCUT2D eigenvalue weighted by molar-refractivity contribution is -0.122. The number of aromatic nitrogens is 1. The zero-order valence-corrected chi connectivity index (χ0v) is 17.5. The summed E-state index contributed by atoms with van der Waals surface area (Å²) >= 11 is 1.47. The van der Waals surface area contributed by atoms with Gasteiger partial charge in [-0.15, -0.1) is 11.3 Å². The molecule has 1 aliphatic rings. The topological polar surface area (TPSA) is 88.3 Å². The van der Waals surface area contributed by atoms with Crippen molar-refractivity contribution in [1.82, 2.24) is 9.88 Å². The number of benzene rings is 1. The van der Waals surface area contributed by atoms with Crippen LogP contribution in [0.5, 0.6) is 0 Å². The lowest BCUT2D eigenvalue weighted by atomic mass is 10.1. The zero-order chi connectivity index (χ0) is 20.3. The van der Waals surface area contributed by atoms with Crippen LogP contribution in [-0.4, -0.2) is 34.3 Å². The van der Waals surface area contributed by atoms with Crippen molar-refractivity contribution in [2.45, 2.75) is 52.6 Å². The highest BCUT2D eigenvalue weighted by Crippen LogP contribution is 2.24. The number of carbonyl (C=O) groups excluding carboxylic acids is 2. The number of nitrogens with two attached hydrogens (primary N) is 1. The van der Waals surface area contributed by atoms with E-state index in [4.69, 9.17) is 5.73 Å². The van der Waals surface area contributed by atoms with Crippen molar-refractivity contribution in [3.8, 4) is 0 Å². The first kappa shape index (κ1) is 20.5. The number of anilines is 1. The van der Waals surface area contributed by atoms with Gasteiger partial charge >= 0.3 is 0 Å². The van der Waals surface area contributed by atoms with Crippen LogP contribution < -0.4 is 11.1 Å². The van der Waals surface area contributed by atoms with Crippen LogP contribution in [0.4, 0.5) is 5.69 Å². The normalized spacial score (nSPS) is 17.2. The lowest BCUT2D eigenvalue weighted by Crippen LogP contribution is -2.39. The third-order valence-electron chi connectivity index (χ3n) is 4.89. The number of thiazole rings is 1. The molecular formula is C21H28N4O2S. The molecule has 0 radical (unpaired) electrons. The van der Waals surface area contributed by atoms with E-state index in [2.05, 4.69) is 29.0 Å². The number of hydrogen-bond acceptors (Lipinski definition) is 5. The maximum atomic E-state index is 12.7. The van der Waals surface area contributed by atoms with Gasteiger partial charge in [-0.25, -0.2) is 4.98 Å². The summed E-state index contributed by atoms with van der Waals surface area (Å²) in [6.07, 6.45) is 2.67. The maximum absolute atomic E-state index is 12.7. The van der Waals surface area contributed by atoms with Crippen LogP contribution in [0.15, 0.2) is 24.3 Å². The molecule has 1 saturated heterocycles. The molecule has 2 heterocycles. The molecule has 6 nitrogen and oxygen atoms in total. The first-order valence-corrected chi connectivity index (χ1v) is 10.5. The summed E-state index contributed by atoms with van der Waals surface area (Å²) in [6.45, 7) is 7.68. The molecule has 28 heavy (non-hydrogen) atoms. The molecule has 3 N–H and O–H groups in total. The van der Waals surface area contributed by atoms with E-state index >= 15 is 0 Å². The van der Waals surface area contributed by atoms with Crippen LogP contribution in [0.25, 0.3) is 0 Å². The average Bonchev–Trinajstić information content (AvgIpc) is 3.21. The molecule has 2 amide bonds. The number of carbonyl (C=O) groups is 2. The molecule has 0 saturated carbocycles. The standard InChI is InChI=1S/C21H28N4O2S/c1-13(2)10-18-23-14(3)19(28-18)21(27)24-16-7-4-6-15(11-16)12-25-9-5-8-17(25)20(22)26/h4,6-7,11,13,17H,5,8-10,12H2,1-3H3,(H2,22,26)(H,24,27). The molecule has 150 valence electrons. The Morgan fingerprint density at radius 2 is 2.18 bits per heavy atom.